The summed E-state index contributed by atoms with van der Waals surface area (Å²) in [5.74, 6) is -0.137. The largest absolute Gasteiger partial charge is 0.398 e. The molecule has 0 radical (unpaired) electrons. The molecule has 2 unspecified atom stereocenters. The molecule has 0 aliphatic carbocycles. The first-order chi connectivity index (χ1) is 9.44. The third-order valence-electron chi connectivity index (χ3n) is 3.40. The van der Waals surface area contributed by atoms with Gasteiger partial charge in [-0.3, -0.25) is 0 Å². The maximum absolute atomic E-state index is 12.5. The summed E-state index contributed by atoms with van der Waals surface area (Å²) < 4.78 is 31.8. The van der Waals surface area contributed by atoms with E-state index in [1.54, 1.807) is 31.2 Å². The van der Waals surface area contributed by atoms with Gasteiger partial charge in [-0.25, -0.2) is 8.42 Å². The minimum atomic E-state index is -3.49. The Hall–Kier alpha value is -1.15. The molecule has 1 aromatic carbocycles. The number of aliphatic hydroxyl groups excluding tert-OH is 1. The molecular weight excluding hydrogens is 280 g/mol. The first-order valence-corrected chi connectivity index (χ1v) is 8.10. The fraction of sp³-hybridized carbons (Fsp3) is 0.538. The Morgan fingerprint density at radius 1 is 1.45 bits per heavy atom. The molecule has 1 aliphatic rings. The molecular formula is C13H20N2O4S. The topological polar surface area (TPSA) is 92.9 Å². The monoisotopic (exact) mass is 300 g/mol. The summed E-state index contributed by atoms with van der Waals surface area (Å²) in [7, 11) is -3.49. The van der Waals surface area contributed by atoms with E-state index in [1.165, 1.54) is 4.31 Å². The summed E-state index contributed by atoms with van der Waals surface area (Å²) in [4.78, 5) is 0. The summed E-state index contributed by atoms with van der Waals surface area (Å²) in [6.45, 7) is 2.06. The van der Waals surface area contributed by atoms with Crippen molar-refractivity contribution in [3.8, 4) is 0 Å². The van der Waals surface area contributed by atoms with Crippen molar-refractivity contribution in [3.63, 3.8) is 0 Å². The SMILES string of the molecule is CC1COC(CO)CN1S(=O)(=O)Cc1ccccc1N. The standard InChI is InChI=1S/C13H20N2O4S/c1-10-8-19-12(7-16)6-15(10)20(17,18)9-11-4-2-3-5-13(11)14/h2-5,10,12,16H,6-9,14H2,1H3. The van der Waals surface area contributed by atoms with Gasteiger partial charge in [0.25, 0.3) is 0 Å². The van der Waals surface area contributed by atoms with Gasteiger partial charge < -0.3 is 15.6 Å². The lowest BCUT2D eigenvalue weighted by Gasteiger charge is -2.36. The summed E-state index contributed by atoms with van der Waals surface area (Å²) in [5.41, 5.74) is 6.86. The van der Waals surface area contributed by atoms with Gasteiger partial charge in [-0.15, -0.1) is 0 Å². The van der Waals surface area contributed by atoms with Gasteiger partial charge in [0.05, 0.1) is 25.1 Å². The molecule has 1 fully saturated rings. The summed E-state index contributed by atoms with van der Waals surface area (Å²) >= 11 is 0. The van der Waals surface area contributed by atoms with Gasteiger partial charge >= 0.3 is 0 Å². The summed E-state index contributed by atoms with van der Waals surface area (Å²) in [5, 5.41) is 9.13. The van der Waals surface area contributed by atoms with Crippen LogP contribution >= 0.6 is 0 Å². The van der Waals surface area contributed by atoms with Gasteiger partial charge in [0, 0.05) is 18.3 Å². The van der Waals surface area contributed by atoms with Crippen LogP contribution in [0, 0.1) is 0 Å². The lowest BCUT2D eigenvalue weighted by atomic mass is 10.2. The maximum Gasteiger partial charge on any atom is 0.218 e. The van der Waals surface area contributed by atoms with Crippen LogP contribution in [0.5, 0.6) is 0 Å². The number of aliphatic hydroxyl groups is 1. The number of hydrogen-bond donors (Lipinski definition) is 2. The van der Waals surface area contributed by atoms with E-state index >= 15 is 0 Å². The molecule has 0 aromatic heterocycles. The quantitative estimate of drug-likeness (QED) is 0.774. The zero-order chi connectivity index (χ0) is 14.8. The number of nitrogen functional groups attached to an aromatic ring is 1. The van der Waals surface area contributed by atoms with Crippen molar-refractivity contribution in [3.05, 3.63) is 29.8 Å². The smallest absolute Gasteiger partial charge is 0.218 e. The minimum absolute atomic E-state index is 0.137. The second-order valence-corrected chi connectivity index (χ2v) is 6.93. The van der Waals surface area contributed by atoms with Crippen molar-refractivity contribution >= 4 is 15.7 Å². The predicted molar refractivity (Wildman–Crippen MR) is 76.5 cm³/mol. The number of sulfonamides is 1. The van der Waals surface area contributed by atoms with Crippen molar-refractivity contribution in [1.29, 1.82) is 0 Å². The van der Waals surface area contributed by atoms with Crippen molar-refractivity contribution in [2.45, 2.75) is 24.8 Å². The number of benzene rings is 1. The molecule has 6 nitrogen and oxygen atoms in total. The van der Waals surface area contributed by atoms with Crippen molar-refractivity contribution < 1.29 is 18.3 Å². The highest BCUT2D eigenvalue weighted by Crippen LogP contribution is 2.21. The zero-order valence-electron chi connectivity index (χ0n) is 11.4. The van der Waals surface area contributed by atoms with E-state index in [4.69, 9.17) is 15.6 Å². The highest BCUT2D eigenvalue weighted by Gasteiger charge is 2.34. The molecule has 20 heavy (non-hydrogen) atoms. The fourth-order valence-electron chi connectivity index (χ4n) is 2.24. The van der Waals surface area contributed by atoms with Gasteiger partial charge in [0.15, 0.2) is 0 Å². The van der Waals surface area contributed by atoms with Gasteiger partial charge in [0.2, 0.25) is 10.0 Å². The molecule has 0 spiro atoms. The van der Waals surface area contributed by atoms with E-state index in [9.17, 15) is 8.42 Å². The molecule has 7 heteroatoms. The van der Waals surface area contributed by atoms with Crippen LogP contribution in [-0.2, 0) is 20.5 Å². The van der Waals surface area contributed by atoms with E-state index in [-0.39, 0.29) is 31.6 Å². The molecule has 1 aromatic rings. The van der Waals surface area contributed by atoms with Crippen LogP contribution in [0.4, 0.5) is 5.69 Å². The maximum atomic E-state index is 12.5. The second kappa shape index (κ2) is 6.09. The van der Waals surface area contributed by atoms with Crippen LogP contribution in [-0.4, -0.2) is 49.7 Å². The van der Waals surface area contributed by atoms with Crippen molar-refractivity contribution in [1.82, 2.24) is 4.31 Å². The number of anilines is 1. The van der Waals surface area contributed by atoms with Crippen LogP contribution in [0.1, 0.15) is 12.5 Å². The van der Waals surface area contributed by atoms with Crippen molar-refractivity contribution in [2.75, 3.05) is 25.5 Å². The predicted octanol–water partition coefficient (Wildman–Crippen LogP) is 0.180. The third-order valence-corrected chi connectivity index (χ3v) is 5.30. The van der Waals surface area contributed by atoms with Crippen LogP contribution < -0.4 is 5.73 Å². The highest BCUT2D eigenvalue weighted by atomic mass is 32.2. The normalized spacial score (nSPS) is 24.7. The molecule has 0 bridgehead atoms. The molecule has 2 atom stereocenters. The average molecular weight is 300 g/mol. The molecule has 1 heterocycles. The highest BCUT2D eigenvalue weighted by molar-refractivity contribution is 7.88. The van der Waals surface area contributed by atoms with Gasteiger partial charge in [-0.2, -0.15) is 4.31 Å². The number of nitrogens with two attached hydrogens (primary N) is 1. The number of rotatable bonds is 4. The molecule has 2 rings (SSSR count). The number of hydrogen-bond acceptors (Lipinski definition) is 5. The summed E-state index contributed by atoms with van der Waals surface area (Å²) in [6.07, 6.45) is -0.464. The van der Waals surface area contributed by atoms with E-state index in [1.807, 2.05) is 0 Å². The van der Waals surface area contributed by atoms with Crippen LogP contribution in [0.25, 0.3) is 0 Å². The Balaban J connectivity index is 2.19. The third kappa shape index (κ3) is 3.29. The first kappa shape index (κ1) is 15.2. The lowest BCUT2D eigenvalue weighted by molar-refractivity contribution is -0.0516. The van der Waals surface area contributed by atoms with Gasteiger partial charge in [-0.1, -0.05) is 18.2 Å². The van der Waals surface area contributed by atoms with Crippen LogP contribution in [0.15, 0.2) is 24.3 Å². The Kier molecular flexibility index (Phi) is 4.64. The van der Waals surface area contributed by atoms with E-state index in [0.717, 1.165) is 0 Å². The van der Waals surface area contributed by atoms with E-state index < -0.39 is 16.1 Å². The Morgan fingerprint density at radius 2 is 2.15 bits per heavy atom. The van der Waals surface area contributed by atoms with Crippen molar-refractivity contribution in [2.24, 2.45) is 0 Å². The number of ether oxygens (including phenoxy) is 1. The minimum Gasteiger partial charge on any atom is -0.398 e. The zero-order valence-corrected chi connectivity index (χ0v) is 12.2. The van der Waals surface area contributed by atoms with E-state index in [0.29, 0.717) is 11.3 Å². The molecule has 3 N–H and O–H groups in total. The van der Waals surface area contributed by atoms with Crippen LogP contribution in [0.3, 0.4) is 0 Å². The summed E-state index contributed by atoms with van der Waals surface area (Å²) in [6, 6.07) is 6.68. The Morgan fingerprint density at radius 3 is 2.80 bits per heavy atom. The number of morpholine rings is 1. The second-order valence-electron chi connectivity index (χ2n) is 5.01. The van der Waals surface area contributed by atoms with Gasteiger partial charge in [-0.05, 0) is 18.6 Å². The number of nitrogens with zero attached hydrogens (tertiary/aromatic N) is 1. The fourth-order valence-corrected chi connectivity index (χ4v) is 4.06. The lowest BCUT2D eigenvalue weighted by Crippen LogP contribution is -2.52. The molecule has 0 saturated carbocycles. The Bertz CT molecular complexity index is 561. The Labute approximate surface area is 119 Å². The van der Waals surface area contributed by atoms with E-state index in [2.05, 4.69) is 0 Å². The number of para-hydroxylation sites is 1. The average Bonchev–Trinajstić information content (AvgIpc) is 2.41. The molecule has 1 saturated heterocycles. The van der Waals surface area contributed by atoms with Crippen LogP contribution in [0.2, 0.25) is 0 Å². The van der Waals surface area contributed by atoms with Gasteiger partial charge in [0.1, 0.15) is 0 Å². The molecule has 1 aliphatic heterocycles. The molecule has 112 valence electrons. The first-order valence-electron chi connectivity index (χ1n) is 6.49. The molecule has 0 amide bonds.